The van der Waals surface area contributed by atoms with Crippen molar-refractivity contribution >= 4 is 5.91 Å². The summed E-state index contributed by atoms with van der Waals surface area (Å²) in [6, 6.07) is 19.6. The van der Waals surface area contributed by atoms with Crippen LogP contribution in [0.5, 0.6) is 23.1 Å². The zero-order chi connectivity index (χ0) is 23.9. The van der Waals surface area contributed by atoms with E-state index in [0.29, 0.717) is 40.1 Å². The second-order valence-electron chi connectivity index (χ2n) is 7.22. The molecule has 0 bridgehead atoms. The number of rotatable bonds is 8. The van der Waals surface area contributed by atoms with E-state index in [4.69, 9.17) is 14.2 Å². The SMILES string of the molecule is COc1ccc(OC)c(CNC(=O)c2cccc(Oc3ccnc(-c4ccc(F)cc4)n3)c2)c1. The van der Waals surface area contributed by atoms with Gasteiger partial charge in [-0.15, -0.1) is 0 Å². The van der Waals surface area contributed by atoms with Crippen LogP contribution >= 0.6 is 0 Å². The lowest BCUT2D eigenvalue weighted by atomic mass is 10.1. The summed E-state index contributed by atoms with van der Waals surface area (Å²) in [7, 11) is 3.15. The van der Waals surface area contributed by atoms with Crippen molar-refractivity contribution < 1.29 is 23.4 Å². The molecule has 4 aromatic rings. The molecule has 0 spiro atoms. The van der Waals surface area contributed by atoms with Gasteiger partial charge in [-0.05, 0) is 60.7 Å². The Morgan fingerprint density at radius 2 is 1.76 bits per heavy atom. The number of carbonyl (C=O) groups is 1. The molecular weight excluding hydrogens is 437 g/mol. The number of ether oxygens (including phenoxy) is 3. The van der Waals surface area contributed by atoms with E-state index >= 15 is 0 Å². The highest BCUT2D eigenvalue weighted by Crippen LogP contribution is 2.25. The highest BCUT2D eigenvalue weighted by Gasteiger charge is 2.11. The molecule has 4 rings (SSSR count). The third-order valence-electron chi connectivity index (χ3n) is 4.98. The van der Waals surface area contributed by atoms with Crippen LogP contribution in [0.1, 0.15) is 15.9 Å². The highest BCUT2D eigenvalue weighted by atomic mass is 19.1. The molecule has 0 aliphatic rings. The zero-order valence-corrected chi connectivity index (χ0v) is 18.6. The quantitative estimate of drug-likeness (QED) is 0.398. The maximum absolute atomic E-state index is 13.2. The molecule has 0 unspecified atom stereocenters. The maximum atomic E-state index is 13.2. The fourth-order valence-corrected chi connectivity index (χ4v) is 3.26. The van der Waals surface area contributed by atoms with Gasteiger partial charge in [0, 0.05) is 35.5 Å². The minimum Gasteiger partial charge on any atom is -0.497 e. The maximum Gasteiger partial charge on any atom is 0.251 e. The summed E-state index contributed by atoms with van der Waals surface area (Å²) < 4.78 is 29.6. The smallest absolute Gasteiger partial charge is 0.251 e. The predicted octanol–water partition coefficient (Wildman–Crippen LogP) is 5.02. The Bertz CT molecular complexity index is 1300. The fourth-order valence-electron chi connectivity index (χ4n) is 3.26. The summed E-state index contributed by atoms with van der Waals surface area (Å²) in [5.74, 6) is 1.85. The van der Waals surface area contributed by atoms with Gasteiger partial charge in [-0.3, -0.25) is 4.79 Å². The van der Waals surface area contributed by atoms with Gasteiger partial charge in [-0.2, -0.15) is 4.98 Å². The second-order valence-corrected chi connectivity index (χ2v) is 7.22. The molecule has 1 amide bonds. The van der Waals surface area contributed by atoms with Crippen LogP contribution in [-0.4, -0.2) is 30.1 Å². The van der Waals surface area contributed by atoms with Gasteiger partial charge in [0.05, 0.1) is 14.2 Å². The number of aromatic nitrogens is 2. The number of methoxy groups -OCH3 is 2. The molecule has 0 atom stereocenters. The van der Waals surface area contributed by atoms with E-state index in [0.717, 1.165) is 5.56 Å². The van der Waals surface area contributed by atoms with Crippen LogP contribution in [0.2, 0.25) is 0 Å². The summed E-state index contributed by atoms with van der Waals surface area (Å²) in [6.07, 6.45) is 1.55. The van der Waals surface area contributed by atoms with Crippen LogP contribution in [0.4, 0.5) is 4.39 Å². The summed E-state index contributed by atoms with van der Waals surface area (Å²) in [4.78, 5) is 21.3. The molecule has 7 nitrogen and oxygen atoms in total. The van der Waals surface area contributed by atoms with Crippen molar-refractivity contribution in [3.63, 3.8) is 0 Å². The van der Waals surface area contributed by atoms with Crippen LogP contribution in [0.15, 0.2) is 79.0 Å². The van der Waals surface area contributed by atoms with Gasteiger partial charge in [-0.25, -0.2) is 9.37 Å². The van der Waals surface area contributed by atoms with Gasteiger partial charge >= 0.3 is 0 Å². The molecule has 8 heteroatoms. The lowest BCUT2D eigenvalue weighted by Gasteiger charge is -2.12. The molecule has 1 heterocycles. The molecule has 0 aliphatic carbocycles. The Kier molecular flexibility index (Phi) is 6.98. The number of carbonyl (C=O) groups excluding carboxylic acids is 1. The molecule has 1 aromatic heterocycles. The summed E-state index contributed by atoms with van der Waals surface area (Å²) in [5.41, 5.74) is 1.87. The minimum absolute atomic E-state index is 0.261. The largest absolute Gasteiger partial charge is 0.497 e. The van der Waals surface area contributed by atoms with Gasteiger partial charge in [0.25, 0.3) is 5.91 Å². The molecule has 1 N–H and O–H groups in total. The van der Waals surface area contributed by atoms with Crippen molar-refractivity contribution in [1.29, 1.82) is 0 Å². The van der Waals surface area contributed by atoms with Gasteiger partial charge in [0.15, 0.2) is 5.82 Å². The number of benzene rings is 3. The van der Waals surface area contributed by atoms with Gasteiger partial charge in [-0.1, -0.05) is 6.07 Å². The summed E-state index contributed by atoms with van der Waals surface area (Å²) in [6.45, 7) is 0.261. The molecule has 0 saturated heterocycles. The average Bonchev–Trinajstić information content (AvgIpc) is 2.87. The van der Waals surface area contributed by atoms with Crippen molar-refractivity contribution in [1.82, 2.24) is 15.3 Å². The monoisotopic (exact) mass is 459 g/mol. The number of halogens is 1. The first-order chi connectivity index (χ1) is 16.6. The van der Waals surface area contributed by atoms with E-state index in [1.165, 1.54) is 12.1 Å². The van der Waals surface area contributed by atoms with E-state index in [1.807, 2.05) is 6.07 Å². The fraction of sp³-hybridized carbons (Fsp3) is 0.115. The Balaban J connectivity index is 1.46. The van der Waals surface area contributed by atoms with Crippen LogP contribution < -0.4 is 19.5 Å². The van der Waals surface area contributed by atoms with E-state index in [1.54, 1.807) is 75.0 Å². The molecule has 0 saturated carbocycles. The topological polar surface area (TPSA) is 82.6 Å². The second kappa shape index (κ2) is 10.4. The zero-order valence-electron chi connectivity index (χ0n) is 18.6. The molecule has 172 valence electrons. The molecule has 0 fully saturated rings. The van der Waals surface area contributed by atoms with Gasteiger partial charge < -0.3 is 19.5 Å². The summed E-state index contributed by atoms with van der Waals surface area (Å²) in [5, 5.41) is 2.88. The first kappa shape index (κ1) is 22.7. The average molecular weight is 459 g/mol. The van der Waals surface area contributed by atoms with E-state index in [-0.39, 0.29) is 18.3 Å². The lowest BCUT2D eigenvalue weighted by Crippen LogP contribution is -2.23. The lowest BCUT2D eigenvalue weighted by molar-refractivity contribution is 0.0950. The number of hydrogen-bond donors (Lipinski definition) is 1. The first-order valence-electron chi connectivity index (χ1n) is 10.4. The number of hydrogen-bond acceptors (Lipinski definition) is 6. The van der Waals surface area contributed by atoms with Crippen LogP contribution in [0.3, 0.4) is 0 Å². The third-order valence-corrected chi connectivity index (χ3v) is 4.98. The van der Waals surface area contributed by atoms with Crippen molar-refractivity contribution in [2.75, 3.05) is 14.2 Å². The van der Waals surface area contributed by atoms with Crippen molar-refractivity contribution in [2.45, 2.75) is 6.54 Å². The third kappa shape index (κ3) is 5.47. The van der Waals surface area contributed by atoms with E-state index in [2.05, 4.69) is 15.3 Å². The molecule has 0 aliphatic heterocycles. The van der Waals surface area contributed by atoms with Crippen molar-refractivity contribution in [3.05, 3.63) is 95.9 Å². The van der Waals surface area contributed by atoms with Crippen molar-refractivity contribution in [2.24, 2.45) is 0 Å². The predicted molar refractivity (Wildman–Crippen MR) is 125 cm³/mol. The number of amides is 1. The number of nitrogens with one attached hydrogen (secondary N) is 1. The first-order valence-corrected chi connectivity index (χ1v) is 10.4. The van der Waals surface area contributed by atoms with Gasteiger partial charge in [0.2, 0.25) is 5.88 Å². The number of nitrogens with zero attached hydrogens (tertiary/aromatic N) is 2. The normalized spacial score (nSPS) is 10.4. The Hall–Kier alpha value is -4.46. The summed E-state index contributed by atoms with van der Waals surface area (Å²) >= 11 is 0. The minimum atomic E-state index is -0.337. The van der Waals surface area contributed by atoms with Crippen LogP contribution in [0, 0.1) is 5.82 Å². The molecule has 34 heavy (non-hydrogen) atoms. The van der Waals surface area contributed by atoms with Gasteiger partial charge in [0.1, 0.15) is 23.1 Å². The van der Waals surface area contributed by atoms with Crippen molar-refractivity contribution in [3.8, 4) is 34.5 Å². The molecule has 0 radical (unpaired) electrons. The standard InChI is InChI=1S/C26H22FN3O4/c1-32-21-10-11-23(33-2)19(15-21)16-29-26(31)18-4-3-5-22(14-18)34-24-12-13-28-25(30-24)17-6-8-20(27)9-7-17/h3-15H,16H2,1-2H3,(H,29,31). The molecular formula is C26H22FN3O4. The van der Waals surface area contributed by atoms with Crippen LogP contribution in [-0.2, 0) is 6.54 Å². The van der Waals surface area contributed by atoms with E-state index in [9.17, 15) is 9.18 Å². The molecule has 3 aromatic carbocycles. The Morgan fingerprint density at radius 3 is 2.53 bits per heavy atom. The Labute approximate surface area is 196 Å². The van der Waals surface area contributed by atoms with E-state index < -0.39 is 0 Å². The van der Waals surface area contributed by atoms with Crippen LogP contribution in [0.25, 0.3) is 11.4 Å². The Morgan fingerprint density at radius 1 is 0.941 bits per heavy atom. The highest BCUT2D eigenvalue weighted by molar-refractivity contribution is 5.94.